The molecule has 1 aliphatic rings. The first-order chi connectivity index (χ1) is 19.0. The summed E-state index contributed by atoms with van der Waals surface area (Å²) in [4.78, 5) is 43.1. The summed E-state index contributed by atoms with van der Waals surface area (Å²) in [5, 5.41) is 10.1. The Kier molecular flexibility index (Phi) is 11.3. The van der Waals surface area contributed by atoms with Gasteiger partial charge in [-0.05, 0) is 65.5 Å². The summed E-state index contributed by atoms with van der Waals surface area (Å²) in [5.41, 5.74) is 1.28. The zero-order valence-electron chi connectivity index (χ0n) is 22.6. The molecular formula is C28H26NNaO8S3. The van der Waals surface area contributed by atoms with Crippen LogP contribution in [-0.4, -0.2) is 58.7 Å². The van der Waals surface area contributed by atoms with Crippen LogP contribution < -0.4 is 29.6 Å². The largest absolute Gasteiger partial charge is 1.00 e. The van der Waals surface area contributed by atoms with Gasteiger partial charge in [0.1, 0.15) is 21.0 Å². The van der Waals surface area contributed by atoms with Gasteiger partial charge in [0.15, 0.2) is 0 Å². The molecule has 1 N–H and O–H groups in total. The average molecular weight is 624 g/mol. The molecule has 41 heavy (non-hydrogen) atoms. The van der Waals surface area contributed by atoms with Crippen molar-refractivity contribution >= 4 is 51.4 Å². The Morgan fingerprint density at radius 1 is 0.927 bits per heavy atom. The van der Waals surface area contributed by atoms with E-state index in [1.807, 2.05) is 61.0 Å². The maximum Gasteiger partial charge on any atom is 1.00 e. The molecule has 1 aliphatic heterocycles. The molecule has 4 rings (SSSR count). The number of imide groups is 1. The number of thioether (sulfide) groups is 2. The summed E-state index contributed by atoms with van der Waals surface area (Å²) < 4.78 is 33.5. The Morgan fingerprint density at radius 3 is 1.76 bits per heavy atom. The minimum absolute atomic E-state index is 0. The van der Waals surface area contributed by atoms with E-state index in [-0.39, 0.29) is 47.5 Å². The third kappa shape index (κ3) is 7.44. The van der Waals surface area contributed by atoms with Gasteiger partial charge in [-0.25, -0.2) is 13.2 Å². The van der Waals surface area contributed by atoms with E-state index >= 15 is 0 Å². The van der Waals surface area contributed by atoms with Crippen LogP contribution in [-0.2, 0) is 41.4 Å². The van der Waals surface area contributed by atoms with Crippen molar-refractivity contribution in [3.8, 4) is 0 Å². The molecule has 0 radical (unpaired) electrons. The van der Waals surface area contributed by atoms with Crippen LogP contribution in [0.25, 0.3) is 0 Å². The number of rotatable bonds is 10. The van der Waals surface area contributed by atoms with Crippen molar-refractivity contribution in [2.75, 3.05) is 12.5 Å². The molecule has 1 heterocycles. The predicted molar refractivity (Wildman–Crippen MR) is 149 cm³/mol. The predicted octanol–water partition coefficient (Wildman–Crippen LogP) is 0.482. The van der Waals surface area contributed by atoms with E-state index in [0.29, 0.717) is 16.7 Å². The van der Waals surface area contributed by atoms with Gasteiger partial charge < -0.3 is 14.5 Å². The van der Waals surface area contributed by atoms with Gasteiger partial charge in [-0.1, -0.05) is 48.5 Å². The summed E-state index contributed by atoms with van der Waals surface area (Å²) in [7, 11) is -5.05. The van der Waals surface area contributed by atoms with Gasteiger partial charge in [-0.15, -0.1) is 28.6 Å². The number of hydrogen-bond acceptors (Lipinski definition) is 10. The van der Waals surface area contributed by atoms with Crippen molar-refractivity contribution in [1.29, 1.82) is 0 Å². The van der Waals surface area contributed by atoms with Crippen molar-refractivity contribution in [2.24, 2.45) is 0 Å². The molecule has 3 aromatic rings. The molecule has 1 saturated heterocycles. The van der Waals surface area contributed by atoms with Gasteiger partial charge in [0.2, 0.25) is 0 Å². The van der Waals surface area contributed by atoms with Crippen LogP contribution in [0.1, 0.15) is 35.1 Å². The van der Waals surface area contributed by atoms with Gasteiger partial charge in [-0.2, -0.15) is 0 Å². The van der Waals surface area contributed by atoms with Crippen LogP contribution in [0.5, 0.6) is 0 Å². The molecule has 3 aromatic carbocycles. The first kappa shape index (κ1) is 33.3. The second-order valence-corrected chi connectivity index (χ2v) is 12.4. The van der Waals surface area contributed by atoms with Crippen molar-refractivity contribution in [1.82, 2.24) is 5.06 Å². The van der Waals surface area contributed by atoms with E-state index < -0.39 is 45.2 Å². The van der Waals surface area contributed by atoms with Crippen molar-refractivity contribution in [2.45, 2.75) is 39.9 Å². The Balaban J connectivity index is 0.00000462. The molecule has 0 bridgehead atoms. The van der Waals surface area contributed by atoms with E-state index in [9.17, 15) is 32.5 Å². The van der Waals surface area contributed by atoms with Gasteiger partial charge in [0.25, 0.3) is 11.8 Å². The Morgan fingerprint density at radius 2 is 1.37 bits per heavy atom. The van der Waals surface area contributed by atoms with Crippen molar-refractivity contribution in [3.63, 3.8) is 0 Å². The van der Waals surface area contributed by atoms with E-state index in [1.165, 1.54) is 0 Å². The molecule has 0 spiro atoms. The molecule has 0 saturated carbocycles. The zero-order valence-corrected chi connectivity index (χ0v) is 27.1. The van der Waals surface area contributed by atoms with Gasteiger partial charge in [-0.3, -0.25) is 9.59 Å². The summed E-state index contributed by atoms with van der Waals surface area (Å²) in [6.07, 6.45) is 3.06. The van der Waals surface area contributed by atoms with Crippen LogP contribution in [0.2, 0.25) is 0 Å². The van der Waals surface area contributed by atoms with E-state index in [1.54, 1.807) is 47.8 Å². The normalized spacial score (nSPS) is 15.5. The van der Waals surface area contributed by atoms with Crippen LogP contribution in [0, 0.1) is 0 Å². The van der Waals surface area contributed by atoms with Gasteiger partial charge in [0.05, 0.1) is 12.8 Å². The Labute approximate surface area is 269 Å². The summed E-state index contributed by atoms with van der Waals surface area (Å²) in [5.74, 6) is -3.37. The monoisotopic (exact) mass is 623 g/mol. The number of carbonyl (C=O) groups is 3. The standard InChI is InChI=1S/C28H27NO8S3.Na/c1-38-22-12-8-20(9-13-22)28(33,21-10-14-23(39-2)15-11-21)19-6-3-18(4-7-19)5-16-26(31)37-29-25(30)17-24(27(29)32)40(34,35)36;/h3-4,6-15,24,33H,5,16-17H2,1-2H3,(H,34,35,36);/q;+1/p-1. The quantitative estimate of drug-likeness (QED) is 0.112. The number of aryl methyl sites for hydroxylation is 1. The Hall–Kier alpha value is -2.16. The number of aliphatic hydroxyl groups is 1. The number of nitrogens with zero attached hydrogens (tertiary/aromatic N) is 1. The first-order valence-corrected chi connectivity index (χ1v) is 16.0. The third-order valence-electron chi connectivity index (χ3n) is 6.61. The fourth-order valence-corrected chi connectivity index (χ4v) is 5.88. The summed E-state index contributed by atoms with van der Waals surface area (Å²) in [6.45, 7) is 0. The fraction of sp³-hybridized carbons (Fsp3) is 0.250. The minimum Gasteiger partial charge on any atom is -0.747 e. The number of hydrogen-bond donors (Lipinski definition) is 1. The number of hydroxylamine groups is 2. The minimum atomic E-state index is -5.05. The van der Waals surface area contributed by atoms with Crippen LogP contribution in [0.3, 0.4) is 0 Å². The fourth-order valence-electron chi connectivity index (χ4n) is 4.37. The molecule has 1 unspecified atom stereocenters. The average Bonchev–Trinajstić information content (AvgIpc) is 3.25. The first-order valence-electron chi connectivity index (χ1n) is 12.1. The Bertz CT molecular complexity index is 1460. The summed E-state index contributed by atoms with van der Waals surface area (Å²) >= 11 is 3.20. The third-order valence-corrected chi connectivity index (χ3v) is 9.16. The SMILES string of the molecule is CSc1ccc(C(O)(c2ccc(CCC(=O)ON3C(=O)CC(S(=O)(=O)[O-])C3=O)cc2)c2ccc(SC)cc2)cc1.[Na+]. The number of carbonyl (C=O) groups excluding carboxylic acids is 3. The van der Waals surface area contributed by atoms with E-state index in [0.717, 1.165) is 15.4 Å². The number of amides is 2. The number of benzene rings is 3. The molecule has 9 nitrogen and oxygen atoms in total. The van der Waals surface area contributed by atoms with Crippen LogP contribution in [0.15, 0.2) is 82.6 Å². The second kappa shape index (κ2) is 13.9. The molecule has 0 aromatic heterocycles. The zero-order chi connectivity index (χ0) is 29.1. The molecular weight excluding hydrogens is 597 g/mol. The van der Waals surface area contributed by atoms with Gasteiger partial charge in [0, 0.05) is 9.79 Å². The second-order valence-electron chi connectivity index (χ2n) is 9.04. The van der Waals surface area contributed by atoms with Crippen molar-refractivity contribution in [3.05, 3.63) is 95.1 Å². The molecule has 210 valence electrons. The molecule has 0 aliphatic carbocycles. The van der Waals surface area contributed by atoms with Crippen LogP contribution in [0.4, 0.5) is 0 Å². The van der Waals surface area contributed by atoms with Crippen LogP contribution >= 0.6 is 23.5 Å². The van der Waals surface area contributed by atoms with E-state index in [2.05, 4.69) is 0 Å². The van der Waals surface area contributed by atoms with Gasteiger partial charge >= 0.3 is 35.5 Å². The smallest absolute Gasteiger partial charge is 0.747 e. The summed E-state index contributed by atoms with van der Waals surface area (Å²) in [6, 6.07) is 22.4. The molecule has 13 heteroatoms. The molecule has 2 amide bonds. The van der Waals surface area contributed by atoms with E-state index in [4.69, 9.17) is 4.84 Å². The molecule has 1 atom stereocenters. The van der Waals surface area contributed by atoms with Crippen molar-refractivity contribution < 1.29 is 66.9 Å². The maximum atomic E-state index is 12.3. The molecule has 1 fully saturated rings. The maximum absolute atomic E-state index is 12.3. The topological polar surface area (TPSA) is 141 Å².